The number of hydrogen-bond acceptors (Lipinski definition) is 5. The van der Waals surface area contributed by atoms with E-state index in [1.54, 1.807) is 7.05 Å². The number of amides is 1. The van der Waals surface area contributed by atoms with E-state index in [1.807, 2.05) is 80.2 Å². The molecular formula is C24H28N5O2+. The molecule has 1 heterocycles. The van der Waals surface area contributed by atoms with E-state index < -0.39 is 0 Å². The van der Waals surface area contributed by atoms with Crippen LogP contribution >= 0.6 is 0 Å². The van der Waals surface area contributed by atoms with Crippen molar-refractivity contribution in [1.82, 2.24) is 0 Å². The SMILES string of the molecule is Cc1cccc(C)c1NC(=O)C[NH+](C)CC(=O)C(C#N)=C1N(C)c2ccccc2N1C. The van der Waals surface area contributed by atoms with Gasteiger partial charge in [-0.25, -0.2) is 0 Å². The maximum atomic E-state index is 13.0. The predicted octanol–water partition coefficient (Wildman–Crippen LogP) is 1.65. The lowest BCUT2D eigenvalue weighted by Gasteiger charge is -2.20. The molecule has 0 saturated heterocycles. The summed E-state index contributed by atoms with van der Waals surface area (Å²) in [5.41, 5.74) is 4.76. The summed E-state index contributed by atoms with van der Waals surface area (Å²) in [6, 6.07) is 15.7. The number of ketones is 1. The Hall–Kier alpha value is -3.63. The fourth-order valence-corrected chi connectivity index (χ4v) is 3.95. The zero-order valence-electron chi connectivity index (χ0n) is 18.6. The highest BCUT2D eigenvalue weighted by atomic mass is 16.2. The fourth-order valence-electron chi connectivity index (χ4n) is 3.95. The van der Waals surface area contributed by atoms with Crippen molar-refractivity contribution in [3.63, 3.8) is 0 Å². The van der Waals surface area contributed by atoms with Gasteiger partial charge in [0.1, 0.15) is 24.0 Å². The van der Waals surface area contributed by atoms with Crippen LogP contribution in [0.3, 0.4) is 0 Å². The van der Waals surface area contributed by atoms with E-state index in [0.29, 0.717) is 10.7 Å². The molecule has 0 aliphatic carbocycles. The van der Waals surface area contributed by atoms with Crippen LogP contribution in [-0.4, -0.2) is 45.9 Å². The molecule has 0 fully saturated rings. The first-order valence-electron chi connectivity index (χ1n) is 10.2. The van der Waals surface area contributed by atoms with Gasteiger partial charge in [-0.1, -0.05) is 30.3 Å². The number of nitrogens with one attached hydrogen (secondary N) is 2. The van der Waals surface area contributed by atoms with E-state index in [1.165, 1.54) is 0 Å². The molecule has 1 atom stereocenters. The number of nitrogens with zero attached hydrogens (tertiary/aromatic N) is 3. The summed E-state index contributed by atoms with van der Waals surface area (Å²) in [6.07, 6.45) is 0. The van der Waals surface area contributed by atoms with Crippen molar-refractivity contribution in [2.75, 3.05) is 49.3 Å². The first-order valence-corrected chi connectivity index (χ1v) is 10.2. The standard InChI is InChI=1S/C24H27N5O2/c1-16-9-8-10-17(2)23(16)26-22(31)15-27(3)14-21(30)18(13-25)24-28(4)19-11-6-7-12-20(19)29(24)5/h6-12H,14-15H2,1-5H3,(H,26,31)/p+1. The number of benzene rings is 2. The van der Waals surface area contributed by atoms with E-state index in [-0.39, 0.29) is 30.4 Å². The number of carbonyl (C=O) groups is 2. The van der Waals surface area contributed by atoms with Crippen LogP contribution in [0.15, 0.2) is 53.9 Å². The van der Waals surface area contributed by atoms with E-state index in [2.05, 4.69) is 11.4 Å². The molecule has 3 rings (SSSR count). The lowest BCUT2D eigenvalue weighted by atomic mass is 10.1. The Morgan fingerprint density at radius 3 is 2.03 bits per heavy atom. The van der Waals surface area contributed by atoms with Crippen molar-refractivity contribution in [2.45, 2.75) is 13.8 Å². The molecule has 7 heteroatoms. The smallest absolute Gasteiger partial charge is 0.279 e. The van der Waals surface area contributed by atoms with Gasteiger partial charge in [0.05, 0.1) is 18.4 Å². The second-order valence-corrected chi connectivity index (χ2v) is 7.97. The summed E-state index contributed by atoms with van der Waals surface area (Å²) in [6.45, 7) is 4.06. The number of para-hydroxylation sites is 3. The molecule has 1 aliphatic rings. The lowest BCUT2D eigenvalue weighted by Crippen LogP contribution is -3.11. The van der Waals surface area contributed by atoms with Crippen molar-refractivity contribution in [3.8, 4) is 6.07 Å². The predicted molar refractivity (Wildman–Crippen MR) is 122 cm³/mol. The minimum Gasteiger partial charge on any atom is -0.328 e. The van der Waals surface area contributed by atoms with Gasteiger partial charge in [0.15, 0.2) is 6.54 Å². The average Bonchev–Trinajstić information content (AvgIpc) is 2.97. The van der Waals surface area contributed by atoms with Crippen molar-refractivity contribution in [3.05, 3.63) is 65.0 Å². The third-order valence-corrected chi connectivity index (χ3v) is 5.52. The number of likely N-dealkylation sites (N-methyl/N-ethyl adjacent to an activating group) is 1. The summed E-state index contributed by atoms with van der Waals surface area (Å²) in [5.74, 6) is 0.0965. The summed E-state index contributed by atoms with van der Waals surface area (Å²) in [7, 11) is 5.46. The summed E-state index contributed by atoms with van der Waals surface area (Å²) >= 11 is 0. The Balaban J connectivity index is 1.71. The highest BCUT2D eigenvalue weighted by molar-refractivity contribution is 6.03. The number of rotatable bonds is 6. The van der Waals surface area contributed by atoms with E-state index >= 15 is 0 Å². The van der Waals surface area contributed by atoms with Crippen LogP contribution in [0.4, 0.5) is 17.1 Å². The quantitative estimate of drug-likeness (QED) is 0.551. The Labute approximate surface area is 183 Å². The van der Waals surface area contributed by atoms with Crippen LogP contribution in [-0.2, 0) is 9.59 Å². The largest absolute Gasteiger partial charge is 0.328 e. The maximum Gasteiger partial charge on any atom is 0.279 e. The first-order chi connectivity index (χ1) is 14.7. The molecule has 31 heavy (non-hydrogen) atoms. The van der Waals surface area contributed by atoms with Crippen LogP contribution in [0.25, 0.3) is 0 Å². The molecule has 0 bridgehead atoms. The average molecular weight is 419 g/mol. The van der Waals surface area contributed by atoms with Crippen LogP contribution in [0.5, 0.6) is 0 Å². The number of aryl methyl sites for hydroxylation is 2. The highest BCUT2D eigenvalue weighted by Crippen LogP contribution is 2.40. The van der Waals surface area contributed by atoms with Gasteiger partial charge in [-0.05, 0) is 37.1 Å². The molecule has 1 aliphatic heterocycles. The number of Topliss-reactive ketones (excluding diaryl/α,β-unsaturated/α-hetero) is 1. The Bertz CT molecular complexity index is 1050. The topological polar surface area (TPSA) is 80.9 Å². The normalized spacial score (nSPS) is 13.5. The molecule has 0 spiro atoms. The third kappa shape index (κ3) is 4.44. The number of nitriles is 1. The second-order valence-electron chi connectivity index (χ2n) is 7.97. The Morgan fingerprint density at radius 2 is 1.52 bits per heavy atom. The Kier molecular flexibility index (Phi) is 6.42. The molecule has 2 aromatic rings. The van der Waals surface area contributed by atoms with Gasteiger partial charge >= 0.3 is 0 Å². The molecule has 0 aromatic heterocycles. The fraction of sp³-hybridized carbons (Fsp3) is 0.292. The first kappa shape index (κ1) is 22.1. The molecule has 160 valence electrons. The van der Waals surface area contributed by atoms with Crippen molar-refractivity contribution >= 4 is 28.8 Å². The molecule has 0 saturated carbocycles. The van der Waals surface area contributed by atoms with Gasteiger partial charge in [-0.15, -0.1) is 0 Å². The van der Waals surface area contributed by atoms with Crippen molar-refractivity contribution in [1.29, 1.82) is 5.26 Å². The van der Waals surface area contributed by atoms with Crippen LogP contribution < -0.4 is 20.0 Å². The van der Waals surface area contributed by atoms with Gasteiger partial charge in [0, 0.05) is 19.8 Å². The summed E-state index contributed by atoms with van der Waals surface area (Å²) in [5, 5.41) is 12.7. The van der Waals surface area contributed by atoms with Gasteiger partial charge in [0.25, 0.3) is 5.91 Å². The molecule has 7 nitrogen and oxygen atoms in total. The van der Waals surface area contributed by atoms with E-state index in [9.17, 15) is 14.9 Å². The van der Waals surface area contributed by atoms with E-state index in [0.717, 1.165) is 28.2 Å². The number of quaternary nitrogens is 1. The number of hydrogen-bond donors (Lipinski definition) is 2. The van der Waals surface area contributed by atoms with E-state index in [4.69, 9.17) is 0 Å². The molecule has 2 N–H and O–H groups in total. The van der Waals surface area contributed by atoms with Gasteiger partial charge in [-0.2, -0.15) is 5.26 Å². The number of carbonyl (C=O) groups excluding carboxylic acids is 2. The van der Waals surface area contributed by atoms with Gasteiger partial charge in [-0.3, -0.25) is 9.59 Å². The number of anilines is 3. The molecule has 1 amide bonds. The Morgan fingerprint density at radius 1 is 0.968 bits per heavy atom. The molecular weight excluding hydrogens is 390 g/mol. The molecule has 1 unspecified atom stereocenters. The second kappa shape index (κ2) is 9.02. The van der Waals surface area contributed by atoms with Gasteiger partial charge < -0.3 is 20.0 Å². The zero-order chi connectivity index (χ0) is 22.7. The zero-order valence-corrected chi connectivity index (χ0v) is 18.6. The van der Waals surface area contributed by atoms with Crippen LogP contribution in [0.2, 0.25) is 0 Å². The third-order valence-electron chi connectivity index (χ3n) is 5.52. The van der Waals surface area contributed by atoms with Crippen LogP contribution in [0.1, 0.15) is 11.1 Å². The van der Waals surface area contributed by atoms with Crippen molar-refractivity contribution < 1.29 is 14.5 Å². The summed E-state index contributed by atoms with van der Waals surface area (Å²) < 4.78 is 0. The summed E-state index contributed by atoms with van der Waals surface area (Å²) in [4.78, 5) is 29.9. The maximum absolute atomic E-state index is 13.0. The minimum atomic E-state index is -0.290. The molecule has 2 aromatic carbocycles. The monoisotopic (exact) mass is 418 g/mol. The number of fused-ring (bicyclic) bond motifs is 1. The minimum absolute atomic E-state index is 0.0462. The lowest BCUT2D eigenvalue weighted by molar-refractivity contribution is -0.862. The van der Waals surface area contributed by atoms with Crippen molar-refractivity contribution in [2.24, 2.45) is 0 Å². The molecule has 0 radical (unpaired) electrons. The van der Waals surface area contributed by atoms with Crippen LogP contribution in [0, 0.1) is 25.2 Å². The highest BCUT2D eigenvalue weighted by Gasteiger charge is 2.32. The van der Waals surface area contributed by atoms with Gasteiger partial charge in [0.2, 0.25) is 5.78 Å².